The van der Waals surface area contributed by atoms with Crippen LogP contribution in [0.5, 0.6) is 0 Å². The maximum absolute atomic E-state index is 12.5. The minimum Gasteiger partial charge on any atom is -0.480 e. The monoisotopic (exact) mass is 516 g/mol. The van der Waals surface area contributed by atoms with E-state index in [1.165, 1.54) is 82.0 Å². The number of hydrogen-bond donors (Lipinski definition) is 1. The van der Waals surface area contributed by atoms with Crippen LogP contribution in [0.4, 0.5) is 0 Å². The van der Waals surface area contributed by atoms with Crippen LogP contribution in [0.1, 0.15) is 81.3 Å². The lowest BCUT2D eigenvalue weighted by Gasteiger charge is -2.35. The van der Waals surface area contributed by atoms with Gasteiger partial charge >= 0.3 is 5.97 Å². The Morgan fingerprint density at radius 1 is 0.842 bits per heavy atom. The number of benzene rings is 2. The Labute approximate surface area is 230 Å². The number of aryl methyl sites for hydroxylation is 1. The number of piperidine rings is 1. The van der Waals surface area contributed by atoms with Crippen LogP contribution >= 0.6 is 0 Å². The van der Waals surface area contributed by atoms with E-state index in [9.17, 15) is 9.90 Å². The normalized spacial score (nSPS) is 24.9. The predicted molar refractivity (Wildman–Crippen MR) is 155 cm³/mol. The Bertz CT molecular complexity index is 966. The van der Waals surface area contributed by atoms with Crippen LogP contribution < -0.4 is 0 Å². The molecule has 1 aliphatic carbocycles. The number of unbranched alkanes of at least 4 members (excludes halogenated alkanes) is 1. The van der Waals surface area contributed by atoms with E-state index in [1.807, 2.05) is 0 Å². The molecule has 1 saturated carbocycles. The molecule has 0 amide bonds. The van der Waals surface area contributed by atoms with E-state index < -0.39 is 5.97 Å². The molecule has 3 fully saturated rings. The largest absolute Gasteiger partial charge is 0.480 e. The number of carboxylic acids is 1. The third kappa shape index (κ3) is 7.27. The first-order valence-electron chi connectivity index (χ1n) is 15.5. The first-order chi connectivity index (χ1) is 18.7. The van der Waals surface area contributed by atoms with Crippen LogP contribution in [0, 0.1) is 17.8 Å². The van der Waals surface area contributed by atoms with Gasteiger partial charge < -0.3 is 10.0 Å². The lowest BCUT2D eigenvalue weighted by Crippen LogP contribution is -2.46. The Morgan fingerprint density at radius 2 is 1.53 bits per heavy atom. The highest BCUT2D eigenvalue weighted by Gasteiger charge is 2.43. The van der Waals surface area contributed by atoms with Crippen LogP contribution in [-0.4, -0.2) is 59.6 Å². The molecule has 206 valence electrons. The fraction of sp³-hybridized carbons (Fsp3) is 0.618. The summed E-state index contributed by atoms with van der Waals surface area (Å²) in [5, 5.41) is 10.3. The van der Waals surface area contributed by atoms with Crippen LogP contribution in [0.15, 0.2) is 60.7 Å². The minimum absolute atomic E-state index is 0.312. The molecular formula is C34H48N2O2. The smallest absolute Gasteiger partial charge is 0.321 e. The molecule has 0 radical (unpaired) electrons. The lowest BCUT2D eigenvalue weighted by atomic mass is 9.83. The summed E-state index contributed by atoms with van der Waals surface area (Å²) in [5.74, 6) is 1.52. The Hall–Kier alpha value is -2.17. The minimum atomic E-state index is -0.600. The molecule has 3 unspecified atom stereocenters. The Balaban J connectivity index is 1.14. The van der Waals surface area contributed by atoms with Gasteiger partial charge in [-0.2, -0.15) is 0 Å². The van der Waals surface area contributed by atoms with Gasteiger partial charge in [-0.3, -0.25) is 9.69 Å². The van der Waals surface area contributed by atoms with Gasteiger partial charge in [0.1, 0.15) is 6.04 Å². The van der Waals surface area contributed by atoms with Gasteiger partial charge in [-0.25, -0.2) is 0 Å². The summed E-state index contributed by atoms with van der Waals surface area (Å²) in [5.41, 5.74) is 2.86. The molecule has 1 N–H and O–H groups in total. The second-order valence-corrected chi connectivity index (χ2v) is 12.4. The zero-order valence-corrected chi connectivity index (χ0v) is 23.2. The number of rotatable bonds is 11. The van der Waals surface area contributed by atoms with Crippen molar-refractivity contribution in [3.05, 3.63) is 71.8 Å². The maximum Gasteiger partial charge on any atom is 0.321 e. The van der Waals surface area contributed by atoms with Crippen molar-refractivity contribution < 1.29 is 9.90 Å². The fourth-order valence-electron chi connectivity index (χ4n) is 7.70. The topological polar surface area (TPSA) is 43.8 Å². The highest BCUT2D eigenvalue weighted by atomic mass is 16.4. The van der Waals surface area contributed by atoms with Crippen LogP contribution in [0.2, 0.25) is 0 Å². The SMILES string of the molecule is O=C(O)C(C1CCCCC1)N1CC(CN2CCC(CCCCc3ccccc3)CC2)C(c2ccccc2)C1. The van der Waals surface area contributed by atoms with E-state index in [0.29, 0.717) is 17.8 Å². The molecule has 2 aromatic rings. The van der Waals surface area contributed by atoms with Gasteiger partial charge in [-0.05, 0) is 80.5 Å². The van der Waals surface area contributed by atoms with Gasteiger partial charge in [0, 0.05) is 25.6 Å². The lowest BCUT2D eigenvalue weighted by molar-refractivity contribution is -0.145. The van der Waals surface area contributed by atoms with Crippen LogP contribution in [-0.2, 0) is 11.2 Å². The highest BCUT2D eigenvalue weighted by molar-refractivity contribution is 5.74. The first kappa shape index (κ1) is 27.4. The predicted octanol–water partition coefficient (Wildman–Crippen LogP) is 6.86. The molecule has 0 aromatic heterocycles. The van der Waals surface area contributed by atoms with E-state index in [1.54, 1.807) is 0 Å². The van der Waals surface area contributed by atoms with Crippen LogP contribution in [0.25, 0.3) is 0 Å². The third-order valence-electron chi connectivity index (χ3n) is 9.81. The van der Waals surface area contributed by atoms with E-state index in [0.717, 1.165) is 38.4 Å². The molecule has 4 heteroatoms. The van der Waals surface area contributed by atoms with Gasteiger partial charge in [-0.15, -0.1) is 0 Å². The Morgan fingerprint density at radius 3 is 2.21 bits per heavy atom. The molecule has 2 aromatic carbocycles. The molecule has 3 atom stereocenters. The van der Waals surface area contributed by atoms with Gasteiger partial charge in [0.05, 0.1) is 0 Å². The number of hydrogen-bond acceptors (Lipinski definition) is 3. The van der Waals surface area contributed by atoms with E-state index in [4.69, 9.17) is 0 Å². The van der Waals surface area contributed by atoms with Crippen molar-refractivity contribution in [2.45, 2.75) is 82.6 Å². The van der Waals surface area contributed by atoms with E-state index in [2.05, 4.69) is 70.5 Å². The molecule has 2 heterocycles. The fourth-order valence-corrected chi connectivity index (χ4v) is 7.70. The van der Waals surface area contributed by atoms with E-state index in [-0.39, 0.29) is 6.04 Å². The second kappa shape index (κ2) is 13.8. The number of aliphatic carboxylic acids is 1. The number of likely N-dealkylation sites (tertiary alicyclic amines) is 2. The highest BCUT2D eigenvalue weighted by Crippen LogP contribution is 2.38. The summed E-state index contributed by atoms with van der Waals surface area (Å²) in [4.78, 5) is 17.6. The van der Waals surface area contributed by atoms with Gasteiger partial charge in [0.15, 0.2) is 0 Å². The zero-order chi connectivity index (χ0) is 26.2. The molecular weight excluding hydrogens is 468 g/mol. The molecule has 0 bridgehead atoms. The maximum atomic E-state index is 12.5. The van der Waals surface area contributed by atoms with Crippen molar-refractivity contribution in [3.63, 3.8) is 0 Å². The number of nitrogens with zero attached hydrogens (tertiary/aromatic N) is 2. The third-order valence-corrected chi connectivity index (χ3v) is 9.81. The molecule has 2 saturated heterocycles. The number of carboxylic acid groups (broad SMARTS) is 1. The molecule has 0 spiro atoms. The summed E-state index contributed by atoms with van der Waals surface area (Å²) in [6.45, 7) is 5.32. The average molecular weight is 517 g/mol. The van der Waals surface area contributed by atoms with Crippen molar-refractivity contribution in [3.8, 4) is 0 Å². The summed E-state index contributed by atoms with van der Waals surface area (Å²) in [6, 6.07) is 21.5. The summed E-state index contributed by atoms with van der Waals surface area (Å²) >= 11 is 0. The first-order valence-corrected chi connectivity index (χ1v) is 15.5. The van der Waals surface area contributed by atoms with Crippen molar-refractivity contribution in [2.24, 2.45) is 17.8 Å². The molecule has 4 nitrogen and oxygen atoms in total. The molecule has 38 heavy (non-hydrogen) atoms. The van der Waals surface area contributed by atoms with Crippen molar-refractivity contribution >= 4 is 5.97 Å². The van der Waals surface area contributed by atoms with Crippen molar-refractivity contribution in [2.75, 3.05) is 32.7 Å². The van der Waals surface area contributed by atoms with Gasteiger partial charge in [0.25, 0.3) is 0 Å². The molecule has 2 aliphatic heterocycles. The molecule has 3 aliphatic rings. The molecule has 5 rings (SSSR count). The zero-order valence-electron chi connectivity index (χ0n) is 23.2. The summed E-state index contributed by atoms with van der Waals surface area (Å²) in [6.07, 6.45) is 13.6. The van der Waals surface area contributed by atoms with Crippen molar-refractivity contribution in [1.82, 2.24) is 9.80 Å². The van der Waals surface area contributed by atoms with Crippen LogP contribution in [0.3, 0.4) is 0 Å². The van der Waals surface area contributed by atoms with Gasteiger partial charge in [0.2, 0.25) is 0 Å². The second-order valence-electron chi connectivity index (χ2n) is 12.4. The summed E-state index contributed by atoms with van der Waals surface area (Å²) < 4.78 is 0. The van der Waals surface area contributed by atoms with Crippen molar-refractivity contribution in [1.29, 1.82) is 0 Å². The van der Waals surface area contributed by atoms with E-state index >= 15 is 0 Å². The average Bonchev–Trinajstić information content (AvgIpc) is 3.36. The quantitative estimate of drug-likeness (QED) is 0.331. The number of carbonyl (C=O) groups is 1. The van der Waals surface area contributed by atoms with Gasteiger partial charge in [-0.1, -0.05) is 92.8 Å². The standard InChI is InChI=1S/C34H48N2O2/c37-34(38)33(30-18-8-3-9-19-30)36-25-31(32(26-36)29-16-6-2-7-17-29)24-35-22-20-28(21-23-35)15-11-10-14-27-12-4-1-5-13-27/h1-2,4-7,12-13,16-17,28,30-33H,3,8-11,14-15,18-26H2,(H,37,38). The summed E-state index contributed by atoms with van der Waals surface area (Å²) in [7, 11) is 0. The Kier molecular flexibility index (Phi) is 9.92.